The fourth-order valence-electron chi connectivity index (χ4n) is 2.30. The van der Waals surface area contributed by atoms with Gasteiger partial charge in [0.1, 0.15) is 0 Å². The fourth-order valence-corrected chi connectivity index (χ4v) is 2.30. The summed E-state index contributed by atoms with van der Waals surface area (Å²) in [7, 11) is 2.16. The van der Waals surface area contributed by atoms with Crippen LogP contribution in [0.1, 0.15) is 26.7 Å². The lowest BCUT2D eigenvalue weighted by molar-refractivity contribution is 0.0557. The maximum absolute atomic E-state index is 5.76. The van der Waals surface area contributed by atoms with Crippen molar-refractivity contribution in [3.8, 4) is 0 Å². The molecule has 4 heteroatoms. The van der Waals surface area contributed by atoms with E-state index in [1.807, 2.05) is 5.01 Å². The van der Waals surface area contributed by atoms with Gasteiger partial charge in [-0.15, -0.1) is 0 Å². The third-order valence-corrected chi connectivity index (χ3v) is 3.30. The molecule has 0 saturated carbocycles. The molecular weight excluding hydrogens is 214 g/mol. The Balaban J connectivity index is 1.97. The van der Waals surface area contributed by atoms with Crippen LogP contribution in [0.3, 0.4) is 0 Å². The number of ether oxygens (including phenoxy) is 1. The quantitative estimate of drug-likeness (QED) is 0.538. The summed E-state index contributed by atoms with van der Waals surface area (Å²) in [5.74, 6) is 7.17. The standard InChI is InChI=1S/C13H29N3O/c1-12(2)10-15(3)8-9-17-11-13-4-6-16(14)7-5-13/h12-13H,4-11,14H2,1-3H3. The number of hydrazine groups is 1. The van der Waals surface area contributed by atoms with Crippen LogP contribution in [-0.4, -0.2) is 56.3 Å². The van der Waals surface area contributed by atoms with E-state index in [4.69, 9.17) is 10.6 Å². The van der Waals surface area contributed by atoms with E-state index < -0.39 is 0 Å². The summed E-state index contributed by atoms with van der Waals surface area (Å²) in [6.07, 6.45) is 2.36. The predicted octanol–water partition coefficient (Wildman–Crippen LogP) is 1.18. The number of likely N-dealkylation sites (N-methyl/N-ethyl adjacent to an activating group) is 1. The Morgan fingerprint density at radius 2 is 2.00 bits per heavy atom. The molecule has 0 spiro atoms. The Kier molecular flexibility index (Phi) is 7.04. The summed E-state index contributed by atoms with van der Waals surface area (Å²) in [6.45, 7) is 10.5. The van der Waals surface area contributed by atoms with Crippen molar-refractivity contribution in [2.75, 3.05) is 46.4 Å². The molecule has 0 atom stereocenters. The minimum absolute atomic E-state index is 0.713. The van der Waals surface area contributed by atoms with Crippen LogP contribution in [0, 0.1) is 11.8 Å². The van der Waals surface area contributed by atoms with Crippen LogP contribution in [0.4, 0.5) is 0 Å². The lowest BCUT2D eigenvalue weighted by atomic mass is 9.99. The lowest BCUT2D eigenvalue weighted by Gasteiger charge is -2.28. The topological polar surface area (TPSA) is 41.7 Å². The average Bonchev–Trinajstić information content (AvgIpc) is 2.26. The van der Waals surface area contributed by atoms with Crippen LogP contribution in [-0.2, 0) is 4.74 Å². The van der Waals surface area contributed by atoms with Crippen LogP contribution in [0.5, 0.6) is 0 Å². The number of piperidine rings is 1. The first kappa shape index (κ1) is 14.9. The molecule has 1 rings (SSSR count). The van der Waals surface area contributed by atoms with Gasteiger partial charge in [-0.3, -0.25) is 5.84 Å². The van der Waals surface area contributed by atoms with E-state index in [-0.39, 0.29) is 0 Å². The Bertz CT molecular complexity index is 191. The number of hydrogen-bond donors (Lipinski definition) is 1. The molecule has 1 saturated heterocycles. The van der Waals surface area contributed by atoms with Gasteiger partial charge in [0.25, 0.3) is 0 Å². The molecule has 0 aliphatic carbocycles. The zero-order chi connectivity index (χ0) is 12.7. The second kappa shape index (κ2) is 8.03. The van der Waals surface area contributed by atoms with E-state index in [1.54, 1.807) is 0 Å². The summed E-state index contributed by atoms with van der Waals surface area (Å²) in [4.78, 5) is 2.34. The Morgan fingerprint density at radius 1 is 1.35 bits per heavy atom. The molecule has 1 fully saturated rings. The second-order valence-corrected chi connectivity index (χ2v) is 5.71. The SMILES string of the molecule is CC(C)CN(C)CCOCC1CCN(N)CC1. The van der Waals surface area contributed by atoms with Crippen LogP contribution >= 0.6 is 0 Å². The average molecular weight is 243 g/mol. The molecular formula is C13H29N3O. The largest absolute Gasteiger partial charge is 0.380 e. The van der Waals surface area contributed by atoms with E-state index in [1.165, 1.54) is 12.8 Å². The highest BCUT2D eigenvalue weighted by Gasteiger charge is 2.16. The molecule has 0 radical (unpaired) electrons. The first-order chi connectivity index (χ1) is 8.08. The third-order valence-electron chi connectivity index (χ3n) is 3.30. The number of rotatable bonds is 7. The highest BCUT2D eigenvalue weighted by molar-refractivity contribution is 4.68. The zero-order valence-electron chi connectivity index (χ0n) is 11.7. The zero-order valence-corrected chi connectivity index (χ0v) is 11.7. The van der Waals surface area contributed by atoms with Gasteiger partial charge in [-0.25, -0.2) is 5.01 Å². The van der Waals surface area contributed by atoms with Crippen molar-refractivity contribution in [1.29, 1.82) is 0 Å². The number of nitrogens with two attached hydrogens (primary N) is 1. The highest BCUT2D eigenvalue weighted by Crippen LogP contribution is 2.14. The minimum atomic E-state index is 0.713. The van der Waals surface area contributed by atoms with Crippen molar-refractivity contribution >= 4 is 0 Å². The molecule has 102 valence electrons. The van der Waals surface area contributed by atoms with E-state index in [0.29, 0.717) is 5.92 Å². The van der Waals surface area contributed by atoms with E-state index in [0.717, 1.165) is 45.3 Å². The molecule has 4 nitrogen and oxygen atoms in total. The molecule has 2 N–H and O–H groups in total. The van der Waals surface area contributed by atoms with Crippen molar-refractivity contribution in [3.63, 3.8) is 0 Å². The van der Waals surface area contributed by atoms with Gasteiger partial charge in [0.05, 0.1) is 6.61 Å². The predicted molar refractivity (Wildman–Crippen MR) is 71.6 cm³/mol. The monoisotopic (exact) mass is 243 g/mol. The van der Waals surface area contributed by atoms with Gasteiger partial charge in [0, 0.05) is 32.8 Å². The normalized spacial score (nSPS) is 19.4. The molecule has 0 unspecified atom stereocenters. The van der Waals surface area contributed by atoms with Crippen molar-refractivity contribution in [2.24, 2.45) is 17.7 Å². The first-order valence-corrected chi connectivity index (χ1v) is 6.84. The minimum Gasteiger partial charge on any atom is -0.380 e. The molecule has 0 aromatic rings. The van der Waals surface area contributed by atoms with Gasteiger partial charge in [0.15, 0.2) is 0 Å². The van der Waals surface area contributed by atoms with Gasteiger partial charge < -0.3 is 9.64 Å². The molecule has 0 aromatic heterocycles. The molecule has 1 aliphatic rings. The molecule has 0 bridgehead atoms. The van der Waals surface area contributed by atoms with Crippen LogP contribution in [0.15, 0.2) is 0 Å². The molecule has 1 heterocycles. The summed E-state index contributed by atoms with van der Waals surface area (Å²) < 4.78 is 5.76. The van der Waals surface area contributed by atoms with Crippen molar-refractivity contribution in [1.82, 2.24) is 9.91 Å². The van der Waals surface area contributed by atoms with Crippen LogP contribution in [0.25, 0.3) is 0 Å². The van der Waals surface area contributed by atoms with Crippen molar-refractivity contribution in [2.45, 2.75) is 26.7 Å². The summed E-state index contributed by atoms with van der Waals surface area (Å²) in [5, 5.41) is 1.91. The molecule has 17 heavy (non-hydrogen) atoms. The molecule has 1 aliphatic heterocycles. The third kappa shape index (κ3) is 6.99. The fraction of sp³-hybridized carbons (Fsp3) is 1.00. The molecule has 0 amide bonds. The number of hydrogen-bond acceptors (Lipinski definition) is 4. The van der Waals surface area contributed by atoms with Gasteiger partial charge in [-0.05, 0) is 31.7 Å². The Hall–Kier alpha value is -0.160. The first-order valence-electron chi connectivity index (χ1n) is 6.84. The van der Waals surface area contributed by atoms with Gasteiger partial charge >= 0.3 is 0 Å². The highest BCUT2D eigenvalue weighted by atomic mass is 16.5. The Labute approximate surface area is 106 Å². The summed E-state index contributed by atoms with van der Waals surface area (Å²) in [6, 6.07) is 0. The van der Waals surface area contributed by atoms with Crippen molar-refractivity contribution in [3.05, 3.63) is 0 Å². The number of nitrogens with zero attached hydrogens (tertiary/aromatic N) is 2. The van der Waals surface area contributed by atoms with Gasteiger partial charge in [0.2, 0.25) is 0 Å². The van der Waals surface area contributed by atoms with E-state index in [2.05, 4.69) is 25.8 Å². The maximum atomic E-state index is 5.76. The van der Waals surface area contributed by atoms with Crippen LogP contribution in [0.2, 0.25) is 0 Å². The van der Waals surface area contributed by atoms with E-state index >= 15 is 0 Å². The second-order valence-electron chi connectivity index (χ2n) is 5.71. The maximum Gasteiger partial charge on any atom is 0.0593 e. The smallest absolute Gasteiger partial charge is 0.0593 e. The summed E-state index contributed by atoms with van der Waals surface area (Å²) in [5.41, 5.74) is 0. The van der Waals surface area contributed by atoms with Crippen LogP contribution < -0.4 is 5.84 Å². The Morgan fingerprint density at radius 3 is 2.59 bits per heavy atom. The van der Waals surface area contributed by atoms with Gasteiger partial charge in [-0.2, -0.15) is 0 Å². The van der Waals surface area contributed by atoms with Gasteiger partial charge in [-0.1, -0.05) is 13.8 Å². The lowest BCUT2D eigenvalue weighted by Crippen LogP contribution is -2.40. The van der Waals surface area contributed by atoms with Crippen molar-refractivity contribution < 1.29 is 4.74 Å². The van der Waals surface area contributed by atoms with E-state index in [9.17, 15) is 0 Å². The molecule has 0 aromatic carbocycles. The summed E-state index contributed by atoms with van der Waals surface area (Å²) >= 11 is 0.